The van der Waals surface area contributed by atoms with Gasteiger partial charge in [0.25, 0.3) is 0 Å². The van der Waals surface area contributed by atoms with Gasteiger partial charge in [-0.2, -0.15) is 0 Å². The average molecular weight is 313 g/mol. The molecule has 0 saturated carbocycles. The van der Waals surface area contributed by atoms with Crippen LogP contribution in [0.5, 0.6) is 0 Å². The minimum atomic E-state index is -0.386. The zero-order valence-corrected chi connectivity index (χ0v) is 13.6. The van der Waals surface area contributed by atoms with Crippen LogP contribution in [0.4, 0.5) is 0 Å². The van der Waals surface area contributed by atoms with Crippen LogP contribution in [0.2, 0.25) is 0 Å². The van der Waals surface area contributed by atoms with Crippen LogP contribution < -0.4 is 5.32 Å². The molecule has 1 heterocycles. The number of cyclic esters (lactones) is 1. The summed E-state index contributed by atoms with van der Waals surface area (Å²) in [7, 11) is 0. The molecule has 1 aliphatic heterocycles. The highest BCUT2D eigenvalue weighted by molar-refractivity contribution is 6.05. The molecule has 2 rings (SSSR count). The summed E-state index contributed by atoms with van der Waals surface area (Å²) < 4.78 is 5.02. The van der Waals surface area contributed by atoms with Gasteiger partial charge in [0.15, 0.2) is 5.78 Å². The van der Waals surface area contributed by atoms with E-state index in [9.17, 15) is 9.59 Å². The number of nitrogens with one attached hydrogen (secondary N) is 1. The molecule has 0 amide bonds. The second-order valence-electron chi connectivity index (χ2n) is 5.65. The molecular weight excluding hydrogens is 290 g/mol. The van der Waals surface area contributed by atoms with Crippen molar-refractivity contribution in [3.8, 4) is 0 Å². The third-order valence-electron chi connectivity index (χ3n) is 3.69. The maximum absolute atomic E-state index is 12.1. The van der Waals surface area contributed by atoms with Crippen LogP contribution in [0.3, 0.4) is 0 Å². The molecule has 2 unspecified atom stereocenters. The Bertz CT molecular complexity index is 608. The Kier molecular flexibility index (Phi) is 6.15. The van der Waals surface area contributed by atoms with Crippen LogP contribution in [0.1, 0.15) is 33.1 Å². The highest BCUT2D eigenvalue weighted by atomic mass is 16.5. The van der Waals surface area contributed by atoms with Crippen LogP contribution in [0.15, 0.2) is 60.0 Å². The van der Waals surface area contributed by atoms with Gasteiger partial charge >= 0.3 is 5.97 Å². The summed E-state index contributed by atoms with van der Waals surface area (Å²) in [5.74, 6) is -0.402. The quantitative estimate of drug-likeness (QED) is 0.464. The van der Waals surface area contributed by atoms with E-state index in [1.54, 1.807) is 25.3 Å². The van der Waals surface area contributed by atoms with Gasteiger partial charge in [-0.25, -0.2) is 4.79 Å². The van der Waals surface area contributed by atoms with Crippen LogP contribution in [-0.2, 0) is 14.3 Å². The van der Waals surface area contributed by atoms with E-state index < -0.39 is 0 Å². The summed E-state index contributed by atoms with van der Waals surface area (Å²) >= 11 is 0. The smallest absolute Gasteiger partial charge is 0.355 e. The fraction of sp³-hybridized carbons (Fsp3) is 0.368. The topological polar surface area (TPSA) is 55.4 Å². The molecule has 0 bridgehead atoms. The molecule has 4 heteroatoms. The number of carbonyl (C=O) groups excluding carboxylic acids is 2. The van der Waals surface area contributed by atoms with Gasteiger partial charge in [-0.05, 0) is 31.9 Å². The lowest BCUT2D eigenvalue weighted by molar-refractivity contribution is -0.139. The van der Waals surface area contributed by atoms with Crippen molar-refractivity contribution in [3.05, 3.63) is 60.0 Å². The minimum absolute atomic E-state index is 0.0155. The van der Waals surface area contributed by atoms with E-state index in [0.29, 0.717) is 11.3 Å². The van der Waals surface area contributed by atoms with E-state index in [2.05, 4.69) is 18.3 Å². The number of unbranched alkanes of at least 4 members (excludes halogenated alkanes) is 1. The van der Waals surface area contributed by atoms with E-state index in [0.717, 1.165) is 19.3 Å². The first kappa shape index (κ1) is 17.0. The SMILES string of the molecule is CCCC=CC=CC1CC=CC(=O)C1=CNC1=CC(C)OC1=O. The molecule has 4 nitrogen and oxygen atoms in total. The van der Waals surface area contributed by atoms with Gasteiger partial charge in [0.1, 0.15) is 11.8 Å². The van der Waals surface area contributed by atoms with Gasteiger partial charge in [-0.3, -0.25) is 4.79 Å². The highest BCUT2D eigenvalue weighted by Gasteiger charge is 2.23. The van der Waals surface area contributed by atoms with E-state index in [-0.39, 0.29) is 23.8 Å². The van der Waals surface area contributed by atoms with E-state index in [1.165, 1.54) is 0 Å². The van der Waals surface area contributed by atoms with Crippen molar-refractivity contribution in [1.29, 1.82) is 0 Å². The van der Waals surface area contributed by atoms with Crippen molar-refractivity contribution < 1.29 is 14.3 Å². The van der Waals surface area contributed by atoms with E-state index >= 15 is 0 Å². The number of hydrogen-bond acceptors (Lipinski definition) is 4. The molecule has 0 spiro atoms. The van der Waals surface area contributed by atoms with Crippen molar-refractivity contribution in [2.45, 2.75) is 39.2 Å². The Morgan fingerprint density at radius 2 is 2.17 bits per heavy atom. The minimum Gasteiger partial charge on any atom is -0.454 e. The molecule has 23 heavy (non-hydrogen) atoms. The van der Waals surface area contributed by atoms with Crippen molar-refractivity contribution in [2.75, 3.05) is 0 Å². The predicted octanol–water partition coefficient (Wildman–Crippen LogP) is 3.35. The van der Waals surface area contributed by atoms with Gasteiger partial charge in [0.2, 0.25) is 0 Å². The molecule has 2 atom stereocenters. The van der Waals surface area contributed by atoms with Gasteiger partial charge in [0.05, 0.1) is 0 Å². The summed E-state index contributed by atoms with van der Waals surface area (Å²) in [4.78, 5) is 23.7. The molecule has 0 fully saturated rings. The van der Waals surface area contributed by atoms with E-state index in [4.69, 9.17) is 4.74 Å². The number of allylic oxidation sites excluding steroid dienone is 7. The summed E-state index contributed by atoms with van der Waals surface area (Å²) in [6.07, 6.45) is 17.6. The van der Waals surface area contributed by atoms with Crippen LogP contribution >= 0.6 is 0 Å². The zero-order valence-electron chi connectivity index (χ0n) is 13.6. The fourth-order valence-electron chi connectivity index (χ4n) is 2.46. The first-order valence-electron chi connectivity index (χ1n) is 8.05. The molecular formula is C19H23NO3. The molecule has 0 aromatic heterocycles. The third-order valence-corrected chi connectivity index (χ3v) is 3.69. The predicted molar refractivity (Wildman–Crippen MR) is 90.3 cm³/mol. The second-order valence-corrected chi connectivity index (χ2v) is 5.65. The zero-order chi connectivity index (χ0) is 16.7. The second kappa shape index (κ2) is 8.32. The Morgan fingerprint density at radius 1 is 1.35 bits per heavy atom. The van der Waals surface area contributed by atoms with Gasteiger partial charge in [-0.15, -0.1) is 0 Å². The molecule has 2 aliphatic rings. The number of hydrogen-bond donors (Lipinski definition) is 1. The third kappa shape index (κ3) is 4.81. The van der Waals surface area contributed by atoms with Gasteiger partial charge in [-0.1, -0.05) is 43.7 Å². The Hall–Kier alpha value is -2.36. The number of ether oxygens (including phenoxy) is 1. The monoisotopic (exact) mass is 313 g/mol. The van der Waals surface area contributed by atoms with Crippen molar-refractivity contribution in [3.63, 3.8) is 0 Å². The van der Waals surface area contributed by atoms with Crippen LogP contribution in [0.25, 0.3) is 0 Å². The number of ketones is 1. The van der Waals surface area contributed by atoms with Crippen molar-refractivity contribution >= 4 is 11.8 Å². The van der Waals surface area contributed by atoms with Gasteiger partial charge < -0.3 is 10.1 Å². The lowest BCUT2D eigenvalue weighted by Gasteiger charge is -2.17. The number of esters is 1. The number of rotatable bonds is 6. The van der Waals surface area contributed by atoms with Crippen molar-refractivity contribution in [1.82, 2.24) is 5.32 Å². The molecule has 122 valence electrons. The van der Waals surface area contributed by atoms with E-state index in [1.807, 2.05) is 24.3 Å². The highest BCUT2D eigenvalue weighted by Crippen LogP contribution is 2.23. The first-order chi connectivity index (χ1) is 11.1. The summed E-state index contributed by atoms with van der Waals surface area (Å²) in [6, 6.07) is 0. The Balaban J connectivity index is 2.07. The molecule has 0 aromatic rings. The molecule has 1 aliphatic carbocycles. The Labute approximate surface area is 137 Å². The largest absolute Gasteiger partial charge is 0.454 e. The lowest BCUT2D eigenvalue weighted by Crippen LogP contribution is -2.19. The number of carbonyl (C=O) groups is 2. The van der Waals surface area contributed by atoms with Gasteiger partial charge in [0, 0.05) is 17.7 Å². The standard InChI is InChI=1S/C19H23NO3/c1-3-4-5-6-7-9-15-10-8-11-18(21)16(15)13-20-17-12-14(2)23-19(17)22/h5-9,11-15,20H,3-4,10H2,1-2H3. The normalized spacial score (nSPS) is 26.3. The summed E-state index contributed by atoms with van der Waals surface area (Å²) in [5.41, 5.74) is 1.04. The summed E-state index contributed by atoms with van der Waals surface area (Å²) in [5, 5.41) is 2.92. The van der Waals surface area contributed by atoms with Crippen LogP contribution in [0, 0.1) is 5.92 Å². The molecule has 0 radical (unpaired) electrons. The maximum Gasteiger partial charge on any atom is 0.355 e. The Morgan fingerprint density at radius 3 is 2.87 bits per heavy atom. The fourth-order valence-corrected chi connectivity index (χ4v) is 2.46. The molecule has 0 aromatic carbocycles. The molecule has 1 N–H and O–H groups in total. The lowest BCUT2D eigenvalue weighted by atomic mass is 9.88. The average Bonchev–Trinajstić information content (AvgIpc) is 2.84. The maximum atomic E-state index is 12.1. The molecule has 0 saturated heterocycles. The van der Waals surface area contributed by atoms with Crippen molar-refractivity contribution in [2.24, 2.45) is 5.92 Å². The summed E-state index contributed by atoms with van der Waals surface area (Å²) in [6.45, 7) is 3.93. The first-order valence-corrected chi connectivity index (χ1v) is 8.05. The van der Waals surface area contributed by atoms with Crippen LogP contribution in [-0.4, -0.2) is 17.9 Å².